The lowest BCUT2D eigenvalue weighted by molar-refractivity contribution is -0.121. The van der Waals surface area contributed by atoms with Gasteiger partial charge in [0.25, 0.3) is 0 Å². The predicted molar refractivity (Wildman–Crippen MR) is 68.8 cm³/mol. The van der Waals surface area contributed by atoms with E-state index in [-0.39, 0.29) is 11.8 Å². The van der Waals surface area contributed by atoms with E-state index in [1.54, 1.807) is 6.20 Å². The standard InChI is InChI=1S/C13H21N3O/c1-10(12-5-4-6-15-9-12)7-13(17)16-8-11(2)14-3/h4-6,9-11,14H,7-8H2,1-3H3,(H,16,17). The van der Waals surface area contributed by atoms with Gasteiger partial charge >= 0.3 is 0 Å². The van der Waals surface area contributed by atoms with Crippen LogP contribution < -0.4 is 10.6 Å². The number of carbonyl (C=O) groups excluding carboxylic acids is 1. The summed E-state index contributed by atoms with van der Waals surface area (Å²) in [6.07, 6.45) is 4.06. The fourth-order valence-corrected chi connectivity index (χ4v) is 1.50. The second-order valence-corrected chi connectivity index (χ2v) is 4.39. The minimum absolute atomic E-state index is 0.0865. The molecule has 1 aromatic heterocycles. The Morgan fingerprint density at radius 3 is 2.82 bits per heavy atom. The molecule has 1 rings (SSSR count). The molecule has 1 heterocycles. The first-order valence-electron chi connectivity index (χ1n) is 5.97. The Morgan fingerprint density at radius 2 is 2.24 bits per heavy atom. The highest BCUT2D eigenvalue weighted by Gasteiger charge is 2.11. The molecule has 94 valence electrons. The van der Waals surface area contributed by atoms with Gasteiger partial charge in [-0.05, 0) is 31.5 Å². The average Bonchev–Trinajstić information content (AvgIpc) is 2.36. The van der Waals surface area contributed by atoms with Crippen LogP contribution in [-0.4, -0.2) is 30.5 Å². The number of nitrogens with one attached hydrogen (secondary N) is 2. The van der Waals surface area contributed by atoms with E-state index in [0.29, 0.717) is 19.0 Å². The topological polar surface area (TPSA) is 54.0 Å². The molecule has 0 aliphatic rings. The molecule has 1 amide bonds. The van der Waals surface area contributed by atoms with E-state index in [0.717, 1.165) is 5.56 Å². The summed E-state index contributed by atoms with van der Waals surface area (Å²) in [4.78, 5) is 15.7. The lowest BCUT2D eigenvalue weighted by Crippen LogP contribution is -2.37. The molecule has 0 bridgehead atoms. The van der Waals surface area contributed by atoms with Gasteiger partial charge in [-0.15, -0.1) is 0 Å². The van der Waals surface area contributed by atoms with E-state index in [1.165, 1.54) is 0 Å². The monoisotopic (exact) mass is 235 g/mol. The van der Waals surface area contributed by atoms with E-state index in [2.05, 4.69) is 15.6 Å². The predicted octanol–water partition coefficient (Wildman–Crippen LogP) is 1.30. The molecule has 17 heavy (non-hydrogen) atoms. The number of carbonyl (C=O) groups is 1. The van der Waals surface area contributed by atoms with Gasteiger partial charge in [0.15, 0.2) is 0 Å². The van der Waals surface area contributed by atoms with Crippen LogP contribution in [0.3, 0.4) is 0 Å². The lowest BCUT2D eigenvalue weighted by Gasteiger charge is -2.14. The Hall–Kier alpha value is -1.42. The van der Waals surface area contributed by atoms with Crippen LogP contribution in [0.1, 0.15) is 31.7 Å². The van der Waals surface area contributed by atoms with Crippen LogP contribution in [-0.2, 0) is 4.79 Å². The number of aromatic nitrogens is 1. The Labute approximate surface area is 103 Å². The lowest BCUT2D eigenvalue weighted by atomic mass is 9.99. The summed E-state index contributed by atoms with van der Waals surface area (Å²) in [5.41, 5.74) is 1.10. The molecule has 0 aliphatic heterocycles. The molecule has 1 aromatic rings. The maximum Gasteiger partial charge on any atom is 0.220 e. The summed E-state index contributed by atoms with van der Waals surface area (Å²) >= 11 is 0. The number of amides is 1. The van der Waals surface area contributed by atoms with Crippen molar-refractivity contribution in [2.24, 2.45) is 0 Å². The first-order valence-corrected chi connectivity index (χ1v) is 5.97. The van der Waals surface area contributed by atoms with Crippen molar-refractivity contribution in [3.05, 3.63) is 30.1 Å². The molecular formula is C13H21N3O. The zero-order valence-corrected chi connectivity index (χ0v) is 10.7. The maximum atomic E-state index is 11.7. The van der Waals surface area contributed by atoms with Crippen LogP contribution in [0.5, 0.6) is 0 Å². The molecule has 4 nitrogen and oxygen atoms in total. The van der Waals surface area contributed by atoms with Gasteiger partial charge in [-0.25, -0.2) is 0 Å². The summed E-state index contributed by atoms with van der Waals surface area (Å²) in [5.74, 6) is 0.289. The van der Waals surface area contributed by atoms with E-state index >= 15 is 0 Å². The van der Waals surface area contributed by atoms with E-state index in [9.17, 15) is 4.79 Å². The molecule has 0 aromatic carbocycles. The third-order valence-corrected chi connectivity index (χ3v) is 2.84. The molecule has 0 saturated heterocycles. The third-order valence-electron chi connectivity index (χ3n) is 2.84. The van der Waals surface area contributed by atoms with Crippen LogP contribution in [0.25, 0.3) is 0 Å². The fraction of sp³-hybridized carbons (Fsp3) is 0.538. The van der Waals surface area contributed by atoms with Gasteiger partial charge in [0.05, 0.1) is 0 Å². The molecule has 0 aliphatic carbocycles. The van der Waals surface area contributed by atoms with Crippen LogP contribution in [0, 0.1) is 0 Å². The number of likely N-dealkylation sites (N-methyl/N-ethyl adjacent to an activating group) is 1. The Balaban J connectivity index is 2.36. The largest absolute Gasteiger partial charge is 0.355 e. The van der Waals surface area contributed by atoms with Crippen LogP contribution in [0.4, 0.5) is 0 Å². The normalized spacial score (nSPS) is 14.1. The molecule has 4 heteroatoms. The Kier molecular flexibility index (Phi) is 5.63. The zero-order valence-electron chi connectivity index (χ0n) is 10.7. The SMILES string of the molecule is CNC(C)CNC(=O)CC(C)c1cccnc1. The van der Waals surface area contributed by atoms with Gasteiger partial charge in [-0.2, -0.15) is 0 Å². The van der Waals surface area contributed by atoms with Gasteiger partial charge in [0, 0.05) is 31.4 Å². The number of rotatable bonds is 6. The highest BCUT2D eigenvalue weighted by Crippen LogP contribution is 2.16. The molecular weight excluding hydrogens is 214 g/mol. The van der Waals surface area contributed by atoms with Crippen LogP contribution >= 0.6 is 0 Å². The number of hydrogen-bond donors (Lipinski definition) is 2. The van der Waals surface area contributed by atoms with Crippen LogP contribution in [0.15, 0.2) is 24.5 Å². The summed E-state index contributed by atoms with van der Waals surface area (Å²) in [7, 11) is 1.88. The number of nitrogens with zero attached hydrogens (tertiary/aromatic N) is 1. The smallest absolute Gasteiger partial charge is 0.220 e. The van der Waals surface area contributed by atoms with Crippen LogP contribution in [0.2, 0.25) is 0 Å². The second kappa shape index (κ2) is 7.01. The average molecular weight is 235 g/mol. The Bertz CT molecular complexity index is 340. The summed E-state index contributed by atoms with van der Waals surface area (Å²) in [6.45, 7) is 4.73. The molecule has 2 unspecified atom stereocenters. The van der Waals surface area contributed by atoms with Crippen molar-refractivity contribution in [3.63, 3.8) is 0 Å². The van der Waals surface area contributed by atoms with Crippen molar-refractivity contribution in [1.29, 1.82) is 0 Å². The van der Waals surface area contributed by atoms with Gasteiger partial charge in [-0.3, -0.25) is 9.78 Å². The minimum atomic E-state index is 0.0865. The van der Waals surface area contributed by atoms with Gasteiger partial charge in [0.2, 0.25) is 5.91 Å². The Morgan fingerprint density at radius 1 is 1.47 bits per heavy atom. The van der Waals surface area contributed by atoms with Crippen molar-refractivity contribution < 1.29 is 4.79 Å². The van der Waals surface area contributed by atoms with Crippen molar-refractivity contribution in [2.45, 2.75) is 32.2 Å². The van der Waals surface area contributed by atoms with Gasteiger partial charge in [-0.1, -0.05) is 13.0 Å². The second-order valence-electron chi connectivity index (χ2n) is 4.39. The van der Waals surface area contributed by atoms with E-state index in [1.807, 2.05) is 39.2 Å². The van der Waals surface area contributed by atoms with Crippen molar-refractivity contribution in [2.75, 3.05) is 13.6 Å². The first-order chi connectivity index (χ1) is 8.13. The highest BCUT2D eigenvalue weighted by molar-refractivity contribution is 5.76. The van der Waals surface area contributed by atoms with Crippen molar-refractivity contribution in [1.82, 2.24) is 15.6 Å². The number of hydrogen-bond acceptors (Lipinski definition) is 3. The van der Waals surface area contributed by atoms with Crippen molar-refractivity contribution in [3.8, 4) is 0 Å². The molecule has 2 N–H and O–H groups in total. The van der Waals surface area contributed by atoms with Gasteiger partial charge in [0.1, 0.15) is 0 Å². The molecule has 0 spiro atoms. The van der Waals surface area contributed by atoms with E-state index in [4.69, 9.17) is 0 Å². The summed E-state index contributed by atoms with van der Waals surface area (Å²) < 4.78 is 0. The summed E-state index contributed by atoms with van der Waals surface area (Å²) in [5, 5.41) is 5.99. The maximum absolute atomic E-state index is 11.7. The number of pyridine rings is 1. The third kappa shape index (κ3) is 4.95. The fourth-order valence-electron chi connectivity index (χ4n) is 1.50. The quantitative estimate of drug-likeness (QED) is 0.781. The molecule has 0 saturated carbocycles. The van der Waals surface area contributed by atoms with E-state index < -0.39 is 0 Å². The summed E-state index contributed by atoms with van der Waals surface area (Å²) in [6, 6.07) is 4.20. The zero-order chi connectivity index (χ0) is 12.7. The van der Waals surface area contributed by atoms with Gasteiger partial charge < -0.3 is 10.6 Å². The first kappa shape index (κ1) is 13.6. The minimum Gasteiger partial charge on any atom is -0.355 e. The molecule has 0 fully saturated rings. The van der Waals surface area contributed by atoms with Crippen molar-refractivity contribution >= 4 is 5.91 Å². The molecule has 0 radical (unpaired) electrons. The highest BCUT2D eigenvalue weighted by atomic mass is 16.1. The molecule has 2 atom stereocenters.